The number of aromatic nitrogens is 2. The molecule has 0 aliphatic carbocycles. The number of methoxy groups -OCH3 is 2. The first kappa shape index (κ1) is 39.8. The number of hydrogen-bond acceptors (Lipinski definition) is 12. The number of benzene rings is 2. The molecule has 0 atom stereocenters. The first-order valence-electron chi connectivity index (χ1n) is 17.8. The lowest BCUT2D eigenvalue weighted by atomic mass is 10.0. The van der Waals surface area contributed by atoms with Gasteiger partial charge in [-0.1, -0.05) is 24.3 Å². The summed E-state index contributed by atoms with van der Waals surface area (Å²) in [7, 11) is 2.98. The van der Waals surface area contributed by atoms with Crippen LogP contribution in [0.25, 0.3) is 12.2 Å². The number of phenols is 2. The van der Waals surface area contributed by atoms with Crippen molar-refractivity contribution in [3.05, 3.63) is 107 Å². The van der Waals surface area contributed by atoms with Crippen LogP contribution in [0.1, 0.15) is 28.7 Å². The molecular weight excluding hydrogens is 708 g/mol. The molecule has 2 aromatic carbocycles. The normalized spacial score (nSPS) is 15.4. The van der Waals surface area contributed by atoms with Crippen molar-refractivity contribution >= 4 is 47.8 Å². The van der Waals surface area contributed by atoms with Crippen molar-refractivity contribution in [3.63, 3.8) is 0 Å². The second-order valence-electron chi connectivity index (χ2n) is 13.1. The topological polar surface area (TPSA) is 132 Å². The lowest BCUT2D eigenvalue weighted by molar-refractivity contribution is -0.121. The highest BCUT2D eigenvalue weighted by Gasteiger charge is 2.22. The van der Waals surface area contributed by atoms with Crippen molar-refractivity contribution in [1.82, 2.24) is 19.8 Å². The average molecular weight is 755 g/mol. The zero-order chi connectivity index (χ0) is 37.2. The maximum atomic E-state index is 12.8. The molecule has 4 heterocycles. The number of rotatable bonds is 14. The molecule has 4 aromatic rings. The van der Waals surface area contributed by atoms with Crippen molar-refractivity contribution < 1.29 is 29.3 Å². The third-order valence-corrected chi connectivity index (χ3v) is 9.54. The van der Waals surface area contributed by atoms with Crippen molar-refractivity contribution in [3.8, 4) is 23.0 Å². The average Bonchev–Trinajstić information content (AvgIpc) is 3.19. The van der Waals surface area contributed by atoms with Gasteiger partial charge in [-0.25, -0.2) is 9.97 Å². The molecule has 6 rings (SSSR count). The van der Waals surface area contributed by atoms with Gasteiger partial charge in [0.05, 0.1) is 20.6 Å². The Morgan fingerprint density at radius 3 is 1.41 bits per heavy atom. The molecule has 2 N–H and O–H groups in total. The van der Waals surface area contributed by atoms with Crippen LogP contribution >= 0.6 is 12.4 Å². The van der Waals surface area contributed by atoms with Crippen LogP contribution in [0.4, 0.5) is 11.6 Å². The summed E-state index contributed by atoms with van der Waals surface area (Å²) in [4.78, 5) is 43.6. The number of ketones is 2. The Hall–Kier alpha value is -5.43. The second kappa shape index (κ2) is 19.1. The highest BCUT2D eigenvalue weighted by molar-refractivity contribution is 6.11. The Bertz CT molecular complexity index is 1790. The number of ether oxygens (including phenoxy) is 2. The van der Waals surface area contributed by atoms with Gasteiger partial charge in [-0.3, -0.25) is 19.4 Å². The van der Waals surface area contributed by atoms with Crippen LogP contribution in [0.15, 0.2) is 85.2 Å². The number of hydrogen-bond donors (Lipinski definition) is 2. The molecular formula is C41H47ClN6O6. The third-order valence-electron chi connectivity index (χ3n) is 9.54. The van der Waals surface area contributed by atoms with E-state index in [1.807, 2.05) is 48.5 Å². The summed E-state index contributed by atoms with van der Waals surface area (Å²) < 4.78 is 10.9. The molecule has 2 fully saturated rings. The molecule has 2 aromatic heterocycles. The lowest BCUT2D eigenvalue weighted by Crippen LogP contribution is -2.46. The number of phenolic OH excluding ortho intramolecular Hbond substituents is 2. The fraction of sp³-hybridized carbons (Fsp3) is 0.317. The molecule has 54 heavy (non-hydrogen) atoms. The van der Waals surface area contributed by atoms with Gasteiger partial charge in [-0.15, -0.1) is 12.4 Å². The fourth-order valence-electron chi connectivity index (χ4n) is 6.62. The van der Waals surface area contributed by atoms with Gasteiger partial charge in [0.1, 0.15) is 11.6 Å². The highest BCUT2D eigenvalue weighted by atomic mass is 35.5. The van der Waals surface area contributed by atoms with Gasteiger partial charge in [0.2, 0.25) is 0 Å². The Kier molecular flexibility index (Phi) is 14.0. The molecule has 0 bridgehead atoms. The summed E-state index contributed by atoms with van der Waals surface area (Å²) >= 11 is 0. The van der Waals surface area contributed by atoms with Crippen molar-refractivity contribution in [2.24, 2.45) is 0 Å². The van der Waals surface area contributed by atoms with E-state index < -0.39 is 0 Å². The zero-order valence-electron chi connectivity index (χ0n) is 30.6. The van der Waals surface area contributed by atoms with Crippen LogP contribution in [-0.4, -0.2) is 108 Å². The summed E-state index contributed by atoms with van der Waals surface area (Å²) in [5, 5.41) is 21.8. The van der Waals surface area contributed by atoms with Crippen molar-refractivity contribution in [2.45, 2.75) is 19.5 Å². The van der Waals surface area contributed by atoms with E-state index in [2.05, 4.69) is 29.6 Å². The largest absolute Gasteiger partial charge is 0.504 e. The highest BCUT2D eigenvalue weighted by Crippen LogP contribution is 2.34. The summed E-state index contributed by atoms with van der Waals surface area (Å²) in [5.74, 6) is 1.97. The van der Waals surface area contributed by atoms with Crippen LogP contribution in [0.5, 0.6) is 23.0 Å². The van der Waals surface area contributed by atoms with Crippen LogP contribution < -0.4 is 19.3 Å². The zero-order valence-corrected chi connectivity index (χ0v) is 31.5. The number of piperazine rings is 2. The summed E-state index contributed by atoms with van der Waals surface area (Å²) in [5.41, 5.74) is 2.74. The predicted molar refractivity (Wildman–Crippen MR) is 213 cm³/mol. The molecule has 12 nitrogen and oxygen atoms in total. The molecule has 0 unspecified atom stereocenters. The minimum absolute atomic E-state index is 0. The number of pyridine rings is 2. The van der Waals surface area contributed by atoms with Gasteiger partial charge in [0.25, 0.3) is 0 Å². The van der Waals surface area contributed by atoms with Crippen LogP contribution in [0, 0.1) is 0 Å². The number of carbonyl (C=O) groups excluding carboxylic acids is 2. The molecule has 0 spiro atoms. The standard InChI is InChI=1S/C41H46N6O6.ClH/c1-52-36-25-30(23-32(40(36)50)28-44-15-19-46(20-16-44)38-7-3-5-13-42-38)9-11-34(48)27-35(49)12-10-31-24-33(41(51)37(26-31)53-2)29-45-17-21-47(22-18-45)39-8-4-6-14-43-39;/h3-14,23-26,50-51H,15-22,27-29H2,1-2H3;1H/b11-9+,12-10+;. The van der Waals surface area contributed by atoms with Gasteiger partial charge in [0.15, 0.2) is 34.6 Å². The molecule has 2 aliphatic heterocycles. The van der Waals surface area contributed by atoms with E-state index in [0.717, 1.165) is 64.0 Å². The smallest absolute Gasteiger partial charge is 0.163 e. The number of allylic oxidation sites excluding steroid dienone is 2. The maximum absolute atomic E-state index is 12.8. The Labute approximate surface area is 322 Å². The number of carbonyl (C=O) groups is 2. The summed E-state index contributed by atoms with van der Waals surface area (Å²) in [6, 6.07) is 18.8. The van der Waals surface area contributed by atoms with E-state index >= 15 is 0 Å². The first-order chi connectivity index (χ1) is 25.8. The number of nitrogens with zero attached hydrogens (tertiary/aromatic N) is 6. The monoisotopic (exact) mass is 754 g/mol. The molecule has 2 aliphatic rings. The van der Waals surface area contributed by atoms with Crippen LogP contribution in [-0.2, 0) is 22.7 Å². The van der Waals surface area contributed by atoms with Gasteiger partial charge >= 0.3 is 0 Å². The summed E-state index contributed by atoms with van der Waals surface area (Å²) in [6.07, 6.45) is 9.31. The number of anilines is 2. The van der Waals surface area contributed by atoms with E-state index in [1.54, 1.807) is 36.7 Å². The van der Waals surface area contributed by atoms with E-state index in [4.69, 9.17) is 9.47 Å². The minimum Gasteiger partial charge on any atom is -0.504 e. The second-order valence-corrected chi connectivity index (χ2v) is 13.1. The fourth-order valence-corrected chi connectivity index (χ4v) is 6.62. The van der Waals surface area contributed by atoms with Crippen LogP contribution in [0.3, 0.4) is 0 Å². The molecule has 2 saturated heterocycles. The molecule has 0 radical (unpaired) electrons. The Morgan fingerprint density at radius 2 is 1.06 bits per heavy atom. The molecule has 13 heteroatoms. The third kappa shape index (κ3) is 10.4. The number of halogens is 1. The van der Waals surface area contributed by atoms with Gasteiger partial charge in [-0.05, 0) is 71.8 Å². The van der Waals surface area contributed by atoms with Gasteiger partial charge < -0.3 is 29.5 Å². The van der Waals surface area contributed by atoms with Crippen molar-refractivity contribution in [1.29, 1.82) is 0 Å². The number of aromatic hydroxyl groups is 2. The quantitative estimate of drug-likeness (QED) is 0.129. The van der Waals surface area contributed by atoms with Crippen LogP contribution in [0.2, 0.25) is 0 Å². The lowest BCUT2D eigenvalue weighted by Gasteiger charge is -2.35. The van der Waals surface area contributed by atoms with E-state index in [-0.39, 0.29) is 41.9 Å². The SMILES string of the molecule is COc1cc(/C=C/C(=O)CC(=O)/C=C/c2cc(CN3CCN(c4ccccn4)CC3)c(O)c(OC)c2)cc(CN2CCN(c3ccccn3)CC2)c1O.Cl. The first-order valence-corrected chi connectivity index (χ1v) is 17.8. The maximum Gasteiger partial charge on any atom is 0.163 e. The molecule has 0 saturated carbocycles. The molecule has 284 valence electrons. The predicted octanol–water partition coefficient (Wildman–Crippen LogP) is 5.23. The minimum atomic E-state index is -0.354. The molecule has 0 amide bonds. The Balaban J connectivity index is 0.00000561. The van der Waals surface area contributed by atoms with E-state index in [0.29, 0.717) is 46.8 Å². The Morgan fingerprint density at radius 1 is 0.648 bits per heavy atom. The van der Waals surface area contributed by atoms with E-state index in [9.17, 15) is 19.8 Å². The van der Waals surface area contributed by atoms with Crippen molar-refractivity contribution in [2.75, 3.05) is 76.4 Å². The summed E-state index contributed by atoms with van der Waals surface area (Å²) in [6.45, 7) is 7.51. The van der Waals surface area contributed by atoms with Gasteiger partial charge in [-0.2, -0.15) is 0 Å². The van der Waals surface area contributed by atoms with Gasteiger partial charge in [0, 0.05) is 89.0 Å². The van der Waals surface area contributed by atoms with E-state index in [1.165, 1.54) is 26.4 Å².